The number of hydrogen-bond acceptors (Lipinski definition) is 8. The Bertz CT molecular complexity index is 2620. The van der Waals surface area contributed by atoms with Gasteiger partial charge in [-0.05, 0) is 69.1 Å². The van der Waals surface area contributed by atoms with E-state index in [0.717, 1.165) is 35.3 Å². The molecular weight excluding hydrogens is 944 g/mol. The quantitative estimate of drug-likeness (QED) is 0.0925. The molecule has 0 aliphatic carbocycles. The van der Waals surface area contributed by atoms with Crippen molar-refractivity contribution in [1.82, 2.24) is 19.8 Å². The molecule has 8 aromatic rings. The van der Waals surface area contributed by atoms with Crippen molar-refractivity contribution in [3.63, 3.8) is 0 Å². The van der Waals surface area contributed by atoms with Crippen LogP contribution in [0.1, 0.15) is 34.3 Å². The van der Waals surface area contributed by atoms with Crippen molar-refractivity contribution in [2.24, 2.45) is 0 Å². The molecule has 0 saturated carbocycles. The molecule has 0 amide bonds. The average molecular weight is 993 g/mol. The van der Waals surface area contributed by atoms with Gasteiger partial charge in [0.2, 0.25) is 11.8 Å². The summed E-state index contributed by atoms with van der Waals surface area (Å²) in [6.07, 6.45) is 3.79. The number of halogens is 3. The molecule has 66 heavy (non-hydrogen) atoms. The Morgan fingerprint density at radius 3 is 1.24 bits per heavy atom. The van der Waals surface area contributed by atoms with Crippen LogP contribution in [0.2, 0.25) is 0 Å². The molecule has 332 valence electrons. The van der Waals surface area contributed by atoms with E-state index in [1.807, 2.05) is 48.7 Å². The minimum Gasteiger partial charge on any atom is -0.472 e. The molecular formula is C54H48BF2IN4O4. The first-order chi connectivity index (χ1) is 32.3. The summed E-state index contributed by atoms with van der Waals surface area (Å²) in [7, 11) is -1.72. The van der Waals surface area contributed by atoms with Crippen molar-refractivity contribution in [2.75, 3.05) is 26.2 Å². The zero-order valence-electron chi connectivity index (χ0n) is 36.0. The Kier molecular flexibility index (Phi) is 15.9. The molecule has 2 aromatic heterocycles. The van der Waals surface area contributed by atoms with Crippen LogP contribution in [-0.4, -0.2) is 75.3 Å². The van der Waals surface area contributed by atoms with E-state index in [1.54, 1.807) is 18.3 Å². The molecule has 2 aliphatic rings. The highest BCUT2D eigenvalue weighted by atomic mass is 127. The van der Waals surface area contributed by atoms with Crippen molar-refractivity contribution >= 4 is 35.2 Å². The predicted octanol–water partition coefficient (Wildman–Crippen LogP) is 9.78. The van der Waals surface area contributed by atoms with Crippen LogP contribution in [0.15, 0.2) is 207 Å². The average Bonchev–Trinajstić information content (AvgIpc) is 3.33. The van der Waals surface area contributed by atoms with E-state index in [4.69, 9.17) is 19.5 Å². The largest absolute Gasteiger partial charge is 0.491 e. The van der Waals surface area contributed by atoms with Gasteiger partial charge in [0.15, 0.2) is 0 Å². The van der Waals surface area contributed by atoms with E-state index < -0.39 is 12.9 Å². The molecule has 0 bridgehead atoms. The molecule has 2 N–H and O–H groups in total. The van der Waals surface area contributed by atoms with Gasteiger partial charge in [0.05, 0.1) is 12.1 Å². The summed E-state index contributed by atoms with van der Waals surface area (Å²) in [5, 5.41) is 17.0. The highest BCUT2D eigenvalue weighted by Crippen LogP contribution is 2.35. The van der Waals surface area contributed by atoms with Crippen LogP contribution in [-0.2, 0) is 0 Å². The fourth-order valence-corrected chi connectivity index (χ4v) is 8.36. The van der Waals surface area contributed by atoms with Gasteiger partial charge >= 0.3 is 7.12 Å². The molecule has 2 saturated heterocycles. The maximum Gasteiger partial charge on any atom is 0.491 e. The van der Waals surface area contributed by atoms with E-state index >= 15 is 0 Å². The van der Waals surface area contributed by atoms with Gasteiger partial charge < -0.3 is 19.5 Å². The normalized spacial score (nSPS) is 13.9. The lowest BCUT2D eigenvalue weighted by Crippen LogP contribution is -2.55. The first-order valence-electron chi connectivity index (χ1n) is 21.7. The standard InChI is InChI=1S/C27H23FN2O.C21H19IN2O.C6H6BFO2/c28-25-14-8-7-13-24(25)22-15-16-26(29-17-22)31-23-18-30(19-23)27(20-9-3-1-4-10-20)21-11-5-2-6-12-21;22-18-11-12-20(23-13-18)25-19-14-24(15-19)21(16-7-3-1-4-8-16)17-9-5-2-6-10-17;8-6-4-2-1-3-5(6)7(9)10/h1-17,23,27H,18-19H2;1-13,19,21H,14-15H2;1-4,9-10H. The summed E-state index contributed by atoms with van der Waals surface area (Å²) < 4.78 is 39.7. The Balaban J connectivity index is 0.000000151. The van der Waals surface area contributed by atoms with Gasteiger partial charge in [0.25, 0.3) is 0 Å². The molecule has 8 nitrogen and oxygen atoms in total. The number of hydrogen-bond donors (Lipinski definition) is 2. The summed E-state index contributed by atoms with van der Waals surface area (Å²) >= 11 is 2.25. The monoisotopic (exact) mass is 992 g/mol. The predicted molar refractivity (Wildman–Crippen MR) is 264 cm³/mol. The third kappa shape index (κ3) is 12.1. The molecule has 0 radical (unpaired) electrons. The number of pyridine rings is 2. The lowest BCUT2D eigenvalue weighted by atomic mass is 9.80. The van der Waals surface area contributed by atoms with E-state index in [-0.39, 0.29) is 35.6 Å². The highest BCUT2D eigenvalue weighted by Gasteiger charge is 2.37. The number of aromatic nitrogens is 2. The Morgan fingerprint density at radius 2 is 0.879 bits per heavy atom. The van der Waals surface area contributed by atoms with Gasteiger partial charge in [-0.15, -0.1) is 0 Å². The van der Waals surface area contributed by atoms with Crippen LogP contribution in [0.5, 0.6) is 11.8 Å². The molecule has 6 aromatic carbocycles. The van der Waals surface area contributed by atoms with Gasteiger partial charge in [-0.25, -0.2) is 18.7 Å². The van der Waals surface area contributed by atoms with Crippen LogP contribution < -0.4 is 14.9 Å². The number of ether oxygens (including phenoxy) is 2. The third-order valence-electron chi connectivity index (χ3n) is 11.3. The van der Waals surface area contributed by atoms with E-state index in [1.165, 1.54) is 52.6 Å². The lowest BCUT2D eigenvalue weighted by Gasteiger charge is -2.44. The summed E-state index contributed by atoms with van der Waals surface area (Å²) in [5.74, 6) is 0.430. The van der Waals surface area contributed by atoms with Gasteiger partial charge in [-0.1, -0.05) is 158 Å². The zero-order chi connectivity index (χ0) is 45.7. The van der Waals surface area contributed by atoms with Crippen LogP contribution in [0.25, 0.3) is 11.1 Å². The van der Waals surface area contributed by atoms with Crippen LogP contribution in [0.4, 0.5) is 8.78 Å². The highest BCUT2D eigenvalue weighted by molar-refractivity contribution is 14.1. The topological polar surface area (TPSA) is 91.2 Å². The maximum absolute atomic E-state index is 14.0. The van der Waals surface area contributed by atoms with Crippen LogP contribution >= 0.6 is 22.6 Å². The number of nitrogens with zero attached hydrogens (tertiary/aromatic N) is 4. The van der Waals surface area contributed by atoms with Crippen molar-refractivity contribution in [3.05, 3.63) is 244 Å². The van der Waals surface area contributed by atoms with E-state index in [2.05, 4.69) is 152 Å². The van der Waals surface area contributed by atoms with E-state index in [9.17, 15) is 8.78 Å². The Hall–Kier alpha value is -6.29. The molecule has 0 spiro atoms. The first kappa shape index (κ1) is 46.3. The molecule has 10 rings (SSSR count). The fraction of sp³-hybridized carbons (Fsp3) is 0.148. The van der Waals surface area contributed by atoms with Crippen molar-refractivity contribution < 1.29 is 28.3 Å². The molecule has 2 aliphatic heterocycles. The van der Waals surface area contributed by atoms with E-state index in [0.29, 0.717) is 17.3 Å². The Labute approximate surface area is 398 Å². The second-order valence-corrected chi connectivity index (χ2v) is 17.2. The molecule has 2 fully saturated rings. The maximum atomic E-state index is 14.0. The van der Waals surface area contributed by atoms with Crippen molar-refractivity contribution in [1.29, 1.82) is 0 Å². The van der Waals surface area contributed by atoms with Crippen LogP contribution in [0, 0.1) is 15.2 Å². The minimum absolute atomic E-state index is 0.0849. The SMILES string of the molecule is Fc1ccccc1-c1ccc(OC2CN(C(c3ccccc3)c3ccccc3)C2)nc1.Ic1ccc(OC2CN(C(c3ccccc3)c3ccccc3)C2)nc1.OB(O)c1ccccc1F. The van der Waals surface area contributed by atoms with Gasteiger partial charge in [-0.2, -0.15) is 0 Å². The van der Waals surface area contributed by atoms with Crippen molar-refractivity contribution in [3.8, 4) is 22.9 Å². The minimum atomic E-state index is -1.72. The van der Waals surface area contributed by atoms with Gasteiger partial charge in [-0.3, -0.25) is 9.80 Å². The summed E-state index contributed by atoms with van der Waals surface area (Å²) in [4.78, 5) is 13.6. The second kappa shape index (κ2) is 22.8. The molecule has 0 unspecified atom stereocenters. The summed E-state index contributed by atoms with van der Waals surface area (Å²) in [5.41, 5.74) is 6.39. The summed E-state index contributed by atoms with van der Waals surface area (Å²) in [6, 6.07) is 62.8. The number of rotatable bonds is 12. The second-order valence-electron chi connectivity index (χ2n) is 15.9. The fourth-order valence-electron chi connectivity index (χ4n) is 8.04. The zero-order valence-corrected chi connectivity index (χ0v) is 38.1. The number of benzene rings is 6. The molecule has 0 atom stereocenters. The molecule has 4 heterocycles. The first-order valence-corrected chi connectivity index (χ1v) is 22.8. The summed E-state index contributed by atoms with van der Waals surface area (Å²) in [6.45, 7) is 3.46. The number of likely N-dealkylation sites (tertiary alicyclic amines) is 2. The van der Waals surface area contributed by atoms with Crippen LogP contribution in [0.3, 0.4) is 0 Å². The third-order valence-corrected chi connectivity index (χ3v) is 12.0. The smallest absolute Gasteiger partial charge is 0.472 e. The van der Waals surface area contributed by atoms with Gasteiger partial charge in [0, 0.05) is 70.9 Å². The lowest BCUT2D eigenvalue weighted by molar-refractivity contribution is -0.00225. The van der Waals surface area contributed by atoms with Gasteiger partial charge in [0.1, 0.15) is 23.8 Å². The Morgan fingerprint density at radius 1 is 0.485 bits per heavy atom. The van der Waals surface area contributed by atoms with Crippen molar-refractivity contribution in [2.45, 2.75) is 24.3 Å². The molecule has 12 heteroatoms.